The van der Waals surface area contributed by atoms with Crippen molar-refractivity contribution in [3.05, 3.63) is 0 Å². The first-order chi connectivity index (χ1) is 7.74. The van der Waals surface area contributed by atoms with Crippen LogP contribution in [0, 0.1) is 5.92 Å². The highest BCUT2D eigenvalue weighted by molar-refractivity contribution is 5.78. The highest BCUT2D eigenvalue weighted by Crippen LogP contribution is 2.19. The van der Waals surface area contributed by atoms with Gasteiger partial charge in [-0.1, -0.05) is 59.3 Å². The molecule has 1 unspecified atom stereocenters. The van der Waals surface area contributed by atoms with Gasteiger partial charge in [0.25, 0.3) is 0 Å². The van der Waals surface area contributed by atoms with E-state index in [1.165, 1.54) is 38.5 Å². The summed E-state index contributed by atoms with van der Waals surface area (Å²) in [7, 11) is 0. The van der Waals surface area contributed by atoms with Crippen molar-refractivity contribution >= 4 is 5.78 Å². The highest BCUT2D eigenvalue weighted by Gasteiger charge is 2.08. The minimum Gasteiger partial charge on any atom is -0.300 e. The Morgan fingerprint density at radius 1 is 0.875 bits per heavy atom. The van der Waals surface area contributed by atoms with Gasteiger partial charge < -0.3 is 0 Å². The first-order valence-corrected chi connectivity index (χ1v) is 7.26. The smallest absolute Gasteiger partial charge is 0.132 e. The molecule has 16 heavy (non-hydrogen) atoms. The predicted molar refractivity (Wildman–Crippen MR) is 71.7 cm³/mol. The average molecular weight is 226 g/mol. The van der Waals surface area contributed by atoms with Crippen molar-refractivity contribution < 1.29 is 4.79 Å². The normalized spacial score (nSPS) is 12.7. The third-order valence-corrected chi connectivity index (χ3v) is 3.43. The molecule has 0 saturated heterocycles. The van der Waals surface area contributed by atoms with E-state index in [0.717, 1.165) is 31.6 Å². The van der Waals surface area contributed by atoms with E-state index in [1.54, 1.807) is 0 Å². The predicted octanol–water partition coefficient (Wildman–Crippen LogP) is 5.13. The Labute approximate surface area is 102 Å². The molecule has 96 valence electrons. The minimum atomic E-state index is 0.489. The van der Waals surface area contributed by atoms with Crippen LogP contribution < -0.4 is 0 Å². The Bertz CT molecular complexity index is 163. The molecule has 0 spiro atoms. The number of Topliss-reactive ketones (excluding diaryl/α,β-unsaturated/α-hetero) is 1. The zero-order valence-electron chi connectivity index (χ0n) is 11.6. The summed E-state index contributed by atoms with van der Waals surface area (Å²) in [6.07, 6.45) is 11.4. The van der Waals surface area contributed by atoms with Gasteiger partial charge in [0.2, 0.25) is 0 Å². The van der Waals surface area contributed by atoms with Gasteiger partial charge in [-0.15, -0.1) is 0 Å². The van der Waals surface area contributed by atoms with E-state index in [4.69, 9.17) is 0 Å². The summed E-state index contributed by atoms with van der Waals surface area (Å²) in [5, 5.41) is 0. The van der Waals surface area contributed by atoms with Crippen LogP contribution in [0.15, 0.2) is 0 Å². The third-order valence-electron chi connectivity index (χ3n) is 3.43. The highest BCUT2D eigenvalue weighted by atomic mass is 16.1. The standard InChI is InChI=1S/C15H30O/c1-4-7-9-11-15(16)13-12-14(6-3)10-8-5-2/h14H,4-13H2,1-3H3. The fraction of sp³-hybridized carbons (Fsp3) is 0.933. The molecule has 0 N–H and O–H groups in total. The molecule has 0 aromatic heterocycles. The van der Waals surface area contributed by atoms with E-state index < -0.39 is 0 Å². The van der Waals surface area contributed by atoms with Crippen molar-refractivity contribution in [2.24, 2.45) is 5.92 Å². The van der Waals surface area contributed by atoms with Crippen LogP contribution in [0.1, 0.15) is 85.0 Å². The van der Waals surface area contributed by atoms with Crippen molar-refractivity contribution in [2.45, 2.75) is 85.0 Å². The van der Waals surface area contributed by atoms with Crippen LogP contribution in [0.4, 0.5) is 0 Å². The van der Waals surface area contributed by atoms with Crippen molar-refractivity contribution in [3.63, 3.8) is 0 Å². The summed E-state index contributed by atoms with van der Waals surface area (Å²) in [4.78, 5) is 11.6. The number of unbranched alkanes of at least 4 members (excludes halogenated alkanes) is 3. The van der Waals surface area contributed by atoms with Gasteiger partial charge in [0.05, 0.1) is 0 Å². The van der Waals surface area contributed by atoms with E-state index in [-0.39, 0.29) is 0 Å². The largest absolute Gasteiger partial charge is 0.300 e. The van der Waals surface area contributed by atoms with Gasteiger partial charge in [0.1, 0.15) is 5.78 Å². The van der Waals surface area contributed by atoms with Crippen LogP contribution in [-0.2, 0) is 4.79 Å². The maximum atomic E-state index is 11.6. The van der Waals surface area contributed by atoms with Crippen LogP contribution in [0.3, 0.4) is 0 Å². The van der Waals surface area contributed by atoms with E-state index in [0.29, 0.717) is 5.78 Å². The second kappa shape index (κ2) is 11.2. The number of carbonyl (C=O) groups excluding carboxylic acids is 1. The fourth-order valence-electron chi connectivity index (χ4n) is 2.11. The van der Waals surface area contributed by atoms with Gasteiger partial charge in [-0.25, -0.2) is 0 Å². The molecule has 0 aliphatic heterocycles. The van der Waals surface area contributed by atoms with Crippen LogP contribution in [-0.4, -0.2) is 5.78 Å². The molecule has 0 amide bonds. The number of hydrogen-bond acceptors (Lipinski definition) is 1. The quantitative estimate of drug-likeness (QED) is 0.446. The van der Waals surface area contributed by atoms with Crippen LogP contribution >= 0.6 is 0 Å². The van der Waals surface area contributed by atoms with Crippen molar-refractivity contribution in [2.75, 3.05) is 0 Å². The lowest BCUT2D eigenvalue weighted by Gasteiger charge is -2.13. The fourth-order valence-corrected chi connectivity index (χ4v) is 2.11. The molecule has 0 radical (unpaired) electrons. The Morgan fingerprint density at radius 2 is 1.56 bits per heavy atom. The summed E-state index contributed by atoms with van der Waals surface area (Å²) in [5.74, 6) is 1.28. The van der Waals surface area contributed by atoms with Crippen molar-refractivity contribution in [3.8, 4) is 0 Å². The molecule has 0 aliphatic rings. The molecule has 0 heterocycles. The van der Waals surface area contributed by atoms with Crippen LogP contribution in [0.5, 0.6) is 0 Å². The Balaban J connectivity index is 3.54. The number of rotatable bonds is 11. The molecule has 0 aromatic rings. The summed E-state index contributed by atoms with van der Waals surface area (Å²) in [5.41, 5.74) is 0. The van der Waals surface area contributed by atoms with E-state index in [1.807, 2.05) is 0 Å². The summed E-state index contributed by atoms with van der Waals surface area (Å²) >= 11 is 0. The lowest BCUT2D eigenvalue weighted by Crippen LogP contribution is -2.04. The van der Waals surface area contributed by atoms with Crippen LogP contribution in [0.25, 0.3) is 0 Å². The molecule has 0 rings (SSSR count). The van der Waals surface area contributed by atoms with E-state index in [2.05, 4.69) is 20.8 Å². The molecule has 0 aliphatic carbocycles. The van der Waals surface area contributed by atoms with E-state index in [9.17, 15) is 4.79 Å². The Hall–Kier alpha value is -0.330. The summed E-state index contributed by atoms with van der Waals surface area (Å²) < 4.78 is 0. The van der Waals surface area contributed by atoms with Gasteiger partial charge in [-0.2, -0.15) is 0 Å². The number of hydrogen-bond donors (Lipinski definition) is 0. The third kappa shape index (κ3) is 8.94. The second-order valence-electron chi connectivity index (χ2n) is 4.95. The monoisotopic (exact) mass is 226 g/mol. The lowest BCUT2D eigenvalue weighted by molar-refractivity contribution is -0.119. The topological polar surface area (TPSA) is 17.1 Å². The maximum absolute atomic E-state index is 11.6. The summed E-state index contributed by atoms with van der Waals surface area (Å²) in [6, 6.07) is 0. The minimum absolute atomic E-state index is 0.489. The number of carbonyl (C=O) groups is 1. The molecule has 0 bridgehead atoms. The molecular weight excluding hydrogens is 196 g/mol. The SMILES string of the molecule is CCCCCC(=O)CCC(CC)CCCC. The van der Waals surface area contributed by atoms with Crippen molar-refractivity contribution in [1.82, 2.24) is 0 Å². The maximum Gasteiger partial charge on any atom is 0.132 e. The molecule has 0 fully saturated rings. The number of ketones is 1. The molecule has 1 atom stereocenters. The molecule has 0 aromatic carbocycles. The van der Waals surface area contributed by atoms with Crippen LogP contribution in [0.2, 0.25) is 0 Å². The molecule has 1 nitrogen and oxygen atoms in total. The lowest BCUT2D eigenvalue weighted by atomic mass is 9.92. The van der Waals surface area contributed by atoms with Gasteiger partial charge in [-0.3, -0.25) is 4.79 Å². The Morgan fingerprint density at radius 3 is 2.12 bits per heavy atom. The van der Waals surface area contributed by atoms with Gasteiger partial charge >= 0.3 is 0 Å². The summed E-state index contributed by atoms with van der Waals surface area (Å²) in [6.45, 7) is 6.67. The molecular formula is C15H30O. The first kappa shape index (κ1) is 15.7. The van der Waals surface area contributed by atoms with Gasteiger partial charge in [-0.05, 0) is 18.8 Å². The van der Waals surface area contributed by atoms with Crippen molar-refractivity contribution in [1.29, 1.82) is 0 Å². The molecule has 1 heteroatoms. The van der Waals surface area contributed by atoms with E-state index >= 15 is 0 Å². The zero-order valence-corrected chi connectivity index (χ0v) is 11.6. The first-order valence-electron chi connectivity index (χ1n) is 7.26. The van der Waals surface area contributed by atoms with Gasteiger partial charge in [0.15, 0.2) is 0 Å². The molecule has 0 saturated carbocycles. The Kier molecular flexibility index (Phi) is 10.9. The average Bonchev–Trinajstić information content (AvgIpc) is 2.30. The van der Waals surface area contributed by atoms with Gasteiger partial charge in [0, 0.05) is 12.8 Å². The second-order valence-corrected chi connectivity index (χ2v) is 4.95. The zero-order chi connectivity index (χ0) is 12.2.